The van der Waals surface area contributed by atoms with E-state index in [0.29, 0.717) is 24.1 Å². The molecule has 0 aliphatic carbocycles. The molecule has 0 saturated heterocycles. The minimum absolute atomic E-state index is 0.0116. The Hall–Kier alpha value is -2.42. The second-order valence-corrected chi connectivity index (χ2v) is 4.22. The van der Waals surface area contributed by atoms with Crippen molar-refractivity contribution >= 4 is 22.9 Å². The van der Waals surface area contributed by atoms with Gasteiger partial charge in [0.25, 0.3) is 0 Å². The number of azide groups is 1. The maximum atomic E-state index is 9.04. The third-order valence-corrected chi connectivity index (χ3v) is 2.90. The van der Waals surface area contributed by atoms with Crippen LogP contribution in [0, 0.1) is 5.92 Å². The van der Waals surface area contributed by atoms with Gasteiger partial charge in [0.2, 0.25) is 5.95 Å². The van der Waals surface area contributed by atoms with Crippen molar-refractivity contribution in [3.05, 3.63) is 16.8 Å². The number of fused-ring (bicyclic) bond motifs is 1. The quantitative estimate of drug-likeness (QED) is 0.392. The SMILES string of the molecule is [N-]=[N+]=Nc1nc(N)nc2c1ncn2CCC(CO)CO. The molecule has 0 bridgehead atoms. The summed E-state index contributed by atoms with van der Waals surface area (Å²) >= 11 is 0. The van der Waals surface area contributed by atoms with Crippen molar-refractivity contribution in [1.82, 2.24) is 19.5 Å². The lowest BCUT2D eigenvalue weighted by atomic mass is 10.1. The van der Waals surface area contributed by atoms with Crippen LogP contribution in [0.5, 0.6) is 0 Å². The van der Waals surface area contributed by atoms with Gasteiger partial charge < -0.3 is 20.5 Å². The van der Waals surface area contributed by atoms with E-state index in [1.165, 1.54) is 6.33 Å². The fraction of sp³-hybridized carbons (Fsp3) is 0.500. The zero-order chi connectivity index (χ0) is 14.5. The van der Waals surface area contributed by atoms with Crippen LogP contribution in [0.15, 0.2) is 11.4 Å². The predicted octanol–water partition coefficient (Wildman–Crippen LogP) is 0.341. The molecule has 0 aromatic carbocycles. The fourth-order valence-corrected chi connectivity index (χ4v) is 1.78. The zero-order valence-corrected chi connectivity index (χ0v) is 10.6. The molecule has 0 radical (unpaired) electrons. The maximum Gasteiger partial charge on any atom is 0.222 e. The number of aryl methyl sites for hydroxylation is 1. The van der Waals surface area contributed by atoms with Crippen LogP contribution in [0.2, 0.25) is 0 Å². The first-order chi connectivity index (χ1) is 9.69. The summed E-state index contributed by atoms with van der Waals surface area (Å²) in [5.41, 5.74) is 14.9. The van der Waals surface area contributed by atoms with Gasteiger partial charge in [-0.3, -0.25) is 0 Å². The van der Waals surface area contributed by atoms with Gasteiger partial charge >= 0.3 is 0 Å². The molecular weight excluding hydrogens is 264 g/mol. The molecule has 0 saturated carbocycles. The molecule has 4 N–H and O–H groups in total. The summed E-state index contributed by atoms with van der Waals surface area (Å²) in [5, 5.41) is 21.5. The Morgan fingerprint density at radius 2 is 2.15 bits per heavy atom. The first kappa shape index (κ1) is 14.0. The molecule has 2 aromatic heterocycles. The van der Waals surface area contributed by atoms with Crippen molar-refractivity contribution in [3.8, 4) is 0 Å². The molecule has 10 heteroatoms. The van der Waals surface area contributed by atoms with Crippen LogP contribution in [0.1, 0.15) is 6.42 Å². The van der Waals surface area contributed by atoms with Gasteiger partial charge in [-0.2, -0.15) is 4.98 Å². The molecule has 0 atom stereocenters. The van der Waals surface area contributed by atoms with Gasteiger partial charge in [0.15, 0.2) is 11.5 Å². The molecule has 0 aliphatic heterocycles. The summed E-state index contributed by atoms with van der Waals surface area (Å²) in [5.74, 6) is -0.139. The molecule has 0 spiro atoms. The van der Waals surface area contributed by atoms with Crippen LogP contribution in [0.25, 0.3) is 21.6 Å². The summed E-state index contributed by atoms with van der Waals surface area (Å²) < 4.78 is 1.71. The average Bonchev–Trinajstić information content (AvgIpc) is 2.83. The summed E-state index contributed by atoms with van der Waals surface area (Å²) in [4.78, 5) is 14.7. The summed E-state index contributed by atoms with van der Waals surface area (Å²) in [7, 11) is 0. The van der Waals surface area contributed by atoms with E-state index in [-0.39, 0.29) is 30.9 Å². The number of imidazole rings is 1. The molecule has 0 aliphatic rings. The van der Waals surface area contributed by atoms with Gasteiger partial charge in [-0.05, 0) is 17.1 Å². The lowest BCUT2D eigenvalue weighted by Gasteiger charge is -2.11. The van der Waals surface area contributed by atoms with Gasteiger partial charge in [0.05, 0.1) is 6.33 Å². The van der Waals surface area contributed by atoms with E-state index in [0.717, 1.165) is 0 Å². The lowest BCUT2D eigenvalue weighted by Crippen LogP contribution is -2.14. The van der Waals surface area contributed by atoms with E-state index in [2.05, 4.69) is 25.0 Å². The molecule has 0 unspecified atom stereocenters. The standard InChI is InChI=1S/C10H14N8O2/c11-10-14-8(16-17-12)7-9(15-10)18(5-13-7)2-1-6(3-19)4-20/h5-6,19-20H,1-4H2,(H2,11,14,15). The highest BCUT2D eigenvalue weighted by atomic mass is 16.3. The Kier molecular flexibility index (Phi) is 4.31. The van der Waals surface area contributed by atoms with Crippen LogP contribution in [-0.2, 0) is 6.54 Å². The van der Waals surface area contributed by atoms with Crippen molar-refractivity contribution < 1.29 is 10.2 Å². The predicted molar refractivity (Wildman–Crippen MR) is 70.8 cm³/mol. The second-order valence-electron chi connectivity index (χ2n) is 4.22. The first-order valence-corrected chi connectivity index (χ1v) is 5.94. The number of anilines is 1. The number of aromatic nitrogens is 4. The highest BCUT2D eigenvalue weighted by molar-refractivity contribution is 5.82. The van der Waals surface area contributed by atoms with Crippen molar-refractivity contribution in [3.63, 3.8) is 0 Å². The van der Waals surface area contributed by atoms with Gasteiger partial charge in [-0.25, -0.2) is 9.97 Å². The normalized spacial score (nSPS) is 10.9. The van der Waals surface area contributed by atoms with Crippen molar-refractivity contribution in [2.24, 2.45) is 11.0 Å². The number of rotatable bonds is 6. The molecule has 20 heavy (non-hydrogen) atoms. The Labute approximate surface area is 113 Å². The second kappa shape index (κ2) is 6.15. The van der Waals surface area contributed by atoms with Gasteiger partial charge in [0, 0.05) is 30.6 Å². The van der Waals surface area contributed by atoms with Crippen LogP contribution >= 0.6 is 0 Å². The third-order valence-electron chi connectivity index (χ3n) is 2.90. The van der Waals surface area contributed by atoms with E-state index in [4.69, 9.17) is 21.5 Å². The Balaban J connectivity index is 2.34. The van der Waals surface area contributed by atoms with Crippen molar-refractivity contribution in [2.45, 2.75) is 13.0 Å². The zero-order valence-electron chi connectivity index (χ0n) is 10.6. The Bertz CT molecular complexity index is 644. The van der Waals surface area contributed by atoms with Crippen molar-refractivity contribution in [2.75, 3.05) is 18.9 Å². The number of aliphatic hydroxyl groups excluding tert-OH is 2. The largest absolute Gasteiger partial charge is 0.396 e. The van der Waals surface area contributed by atoms with E-state index < -0.39 is 0 Å². The minimum Gasteiger partial charge on any atom is -0.396 e. The van der Waals surface area contributed by atoms with Crippen LogP contribution in [0.3, 0.4) is 0 Å². The molecular formula is C10H14N8O2. The molecule has 2 heterocycles. The van der Waals surface area contributed by atoms with E-state index in [1.54, 1.807) is 4.57 Å². The van der Waals surface area contributed by atoms with E-state index in [1.807, 2.05) is 0 Å². The summed E-state index contributed by atoms with van der Waals surface area (Å²) in [6, 6.07) is 0. The molecule has 2 aromatic rings. The Morgan fingerprint density at radius 3 is 2.80 bits per heavy atom. The highest BCUT2D eigenvalue weighted by Crippen LogP contribution is 2.22. The van der Waals surface area contributed by atoms with Crippen molar-refractivity contribution in [1.29, 1.82) is 0 Å². The maximum absolute atomic E-state index is 9.04. The molecule has 2 rings (SSSR count). The Morgan fingerprint density at radius 1 is 1.40 bits per heavy atom. The number of aliphatic hydroxyl groups is 2. The number of nitrogens with two attached hydrogens (primary N) is 1. The third kappa shape index (κ3) is 2.77. The smallest absolute Gasteiger partial charge is 0.222 e. The topological polar surface area (TPSA) is 159 Å². The van der Waals surface area contributed by atoms with E-state index in [9.17, 15) is 0 Å². The lowest BCUT2D eigenvalue weighted by molar-refractivity contribution is 0.140. The van der Waals surface area contributed by atoms with Crippen LogP contribution in [-0.4, -0.2) is 42.9 Å². The van der Waals surface area contributed by atoms with E-state index >= 15 is 0 Å². The van der Waals surface area contributed by atoms with Crippen LogP contribution < -0.4 is 5.73 Å². The minimum atomic E-state index is -0.205. The molecule has 0 fully saturated rings. The van der Waals surface area contributed by atoms with Gasteiger partial charge in [-0.1, -0.05) is 0 Å². The van der Waals surface area contributed by atoms with Gasteiger partial charge in [0.1, 0.15) is 5.52 Å². The monoisotopic (exact) mass is 278 g/mol. The van der Waals surface area contributed by atoms with Gasteiger partial charge in [-0.15, -0.1) is 0 Å². The highest BCUT2D eigenvalue weighted by Gasteiger charge is 2.12. The number of nitrogen functional groups attached to an aromatic ring is 1. The number of nitrogens with zero attached hydrogens (tertiary/aromatic N) is 7. The first-order valence-electron chi connectivity index (χ1n) is 5.94. The average molecular weight is 278 g/mol. The molecule has 106 valence electrons. The summed E-state index contributed by atoms with van der Waals surface area (Å²) in [6.07, 6.45) is 2.08. The fourth-order valence-electron chi connectivity index (χ4n) is 1.78. The molecule has 10 nitrogen and oxygen atoms in total. The van der Waals surface area contributed by atoms with Crippen LogP contribution in [0.4, 0.5) is 11.8 Å². The summed E-state index contributed by atoms with van der Waals surface area (Å²) in [6.45, 7) is 0.308. The number of hydrogen-bond donors (Lipinski definition) is 3. The number of hydrogen-bond acceptors (Lipinski definition) is 7. The molecule has 0 amide bonds.